The van der Waals surface area contributed by atoms with Crippen molar-refractivity contribution in [1.29, 1.82) is 0 Å². The van der Waals surface area contributed by atoms with E-state index in [-0.39, 0.29) is 18.5 Å². The van der Waals surface area contributed by atoms with Crippen LogP contribution in [0.4, 0.5) is 0 Å². The maximum absolute atomic E-state index is 11.7. The van der Waals surface area contributed by atoms with Crippen molar-refractivity contribution in [3.05, 3.63) is 0 Å². The molecule has 0 fully saturated rings. The SMILES string of the molecule is CCCCOC(=O)C[C@@H](C[N+](C)(C)C)OC(C)C=O. The summed E-state index contributed by atoms with van der Waals surface area (Å²) in [6.07, 6.45) is 2.00. The van der Waals surface area contributed by atoms with Crippen LogP contribution in [0.1, 0.15) is 33.1 Å². The third kappa shape index (κ3) is 10.7. The smallest absolute Gasteiger partial charge is 0.308 e. The zero-order valence-corrected chi connectivity index (χ0v) is 12.8. The van der Waals surface area contributed by atoms with Gasteiger partial charge in [-0.25, -0.2) is 0 Å². The predicted octanol–water partition coefficient (Wildman–Crippen LogP) is 1.40. The van der Waals surface area contributed by atoms with Crippen LogP contribution in [0.3, 0.4) is 0 Å². The van der Waals surface area contributed by atoms with Gasteiger partial charge in [0.05, 0.1) is 34.2 Å². The fourth-order valence-corrected chi connectivity index (χ4v) is 1.68. The third-order valence-electron chi connectivity index (χ3n) is 2.51. The first kappa shape index (κ1) is 18.1. The summed E-state index contributed by atoms with van der Waals surface area (Å²) in [6.45, 7) is 4.83. The van der Waals surface area contributed by atoms with Crippen molar-refractivity contribution < 1.29 is 23.5 Å². The fourth-order valence-electron chi connectivity index (χ4n) is 1.68. The summed E-state index contributed by atoms with van der Waals surface area (Å²) in [5.41, 5.74) is 0. The number of hydrogen-bond acceptors (Lipinski definition) is 4. The molecule has 0 aliphatic heterocycles. The van der Waals surface area contributed by atoms with Crippen molar-refractivity contribution in [2.45, 2.75) is 45.3 Å². The molecule has 0 aromatic carbocycles. The van der Waals surface area contributed by atoms with E-state index in [9.17, 15) is 9.59 Å². The molecule has 5 heteroatoms. The van der Waals surface area contributed by atoms with E-state index in [4.69, 9.17) is 9.47 Å². The Hall–Kier alpha value is -0.940. The molecule has 5 nitrogen and oxygen atoms in total. The van der Waals surface area contributed by atoms with Gasteiger partial charge in [0, 0.05) is 0 Å². The number of likely N-dealkylation sites (N-methyl/N-ethyl adjacent to an activating group) is 1. The maximum atomic E-state index is 11.7. The molecule has 0 amide bonds. The summed E-state index contributed by atoms with van der Waals surface area (Å²) in [5.74, 6) is -0.259. The molecule has 0 spiro atoms. The van der Waals surface area contributed by atoms with Crippen LogP contribution in [0.15, 0.2) is 0 Å². The lowest BCUT2D eigenvalue weighted by molar-refractivity contribution is -0.873. The number of nitrogens with zero attached hydrogens (tertiary/aromatic N) is 1. The normalized spacial score (nSPS) is 14.8. The second kappa shape index (κ2) is 9.04. The predicted molar refractivity (Wildman–Crippen MR) is 73.8 cm³/mol. The molecule has 0 bridgehead atoms. The minimum absolute atomic E-state index is 0.192. The fraction of sp³-hybridized carbons (Fsp3) is 0.857. The monoisotopic (exact) mass is 274 g/mol. The Labute approximate surface area is 116 Å². The highest BCUT2D eigenvalue weighted by atomic mass is 16.5. The zero-order chi connectivity index (χ0) is 14.9. The van der Waals surface area contributed by atoms with Gasteiger partial charge in [0.15, 0.2) is 0 Å². The van der Waals surface area contributed by atoms with Crippen molar-refractivity contribution in [1.82, 2.24) is 0 Å². The summed E-state index contributed by atoms with van der Waals surface area (Å²) >= 11 is 0. The molecule has 0 rings (SSSR count). The lowest BCUT2D eigenvalue weighted by atomic mass is 10.2. The second-order valence-corrected chi connectivity index (χ2v) is 5.85. The lowest BCUT2D eigenvalue weighted by Crippen LogP contribution is -2.44. The zero-order valence-electron chi connectivity index (χ0n) is 12.8. The van der Waals surface area contributed by atoms with E-state index in [2.05, 4.69) is 0 Å². The summed E-state index contributed by atoms with van der Waals surface area (Å²) in [6, 6.07) is 0. The second-order valence-electron chi connectivity index (χ2n) is 5.85. The summed E-state index contributed by atoms with van der Waals surface area (Å²) in [5, 5.41) is 0. The minimum Gasteiger partial charge on any atom is -0.466 e. The van der Waals surface area contributed by atoms with Gasteiger partial charge >= 0.3 is 5.97 Å². The summed E-state index contributed by atoms with van der Waals surface area (Å²) < 4.78 is 11.4. The van der Waals surface area contributed by atoms with E-state index >= 15 is 0 Å². The highest BCUT2D eigenvalue weighted by Crippen LogP contribution is 2.08. The molecule has 0 aromatic rings. The van der Waals surface area contributed by atoms with Gasteiger partial charge in [0.2, 0.25) is 0 Å². The van der Waals surface area contributed by atoms with Gasteiger partial charge in [-0.05, 0) is 13.3 Å². The van der Waals surface area contributed by atoms with Gasteiger partial charge in [-0.3, -0.25) is 4.79 Å². The Bertz CT molecular complexity index is 273. The summed E-state index contributed by atoms with van der Waals surface area (Å²) in [4.78, 5) is 22.3. The molecule has 0 aliphatic carbocycles. The summed E-state index contributed by atoms with van der Waals surface area (Å²) in [7, 11) is 6.05. The van der Waals surface area contributed by atoms with Crippen LogP contribution in [0, 0.1) is 0 Å². The first-order chi connectivity index (χ1) is 8.78. The van der Waals surface area contributed by atoms with E-state index in [1.54, 1.807) is 6.92 Å². The molecule has 0 aliphatic rings. The van der Waals surface area contributed by atoms with Crippen LogP contribution in [0.25, 0.3) is 0 Å². The van der Waals surface area contributed by atoms with Crippen LogP contribution in [0.5, 0.6) is 0 Å². The first-order valence-corrected chi connectivity index (χ1v) is 6.85. The van der Waals surface area contributed by atoms with Crippen molar-refractivity contribution in [3.8, 4) is 0 Å². The van der Waals surface area contributed by atoms with Gasteiger partial charge in [0.1, 0.15) is 25.0 Å². The molecule has 1 unspecified atom stereocenters. The van der Waals surface area contributed by atoms with Crippen molar-refractivity contribution in [3.63, 3.8) is 0 Å². The van der Waals surface area contributed by atoms with Gasteiger partial charge in [-0.1, -0.05) is 13.3 Å². The van der Waals surface area contributed by atoms with Crippen LogP contribution in [-0.2, 0) is 19.1 Å². The average Bonchev–Trinajstić information content (AvgIpc) is 2.26. The molecular weight excluding hydrogens is 246 g/mol. The molecule has 2 atom stereocenters. The molecular formula is C14H28NO4+. The Kier molecular flexibility index (Phi) is 8.59. The first-order valence-electron chi connectivity index (χ1n) is 6.85. The maximum Gasteiger partial charge on any atom is 0.308 e. The van der Waals surface area contributed by atoms with Crippen LogP contribution in [-0.4, -0.2) is 63.2 Å². The lowest BCUT2D eigenvalue weighted by Gasteiger charge is -2.29. The van der Waals surface area contributed by atoms with Gasteiger partial charge < -0.3 is 18.8 Å². The molecule has 0 radical (unpaired) electrons. The molecule has 0 saturated carbocycles. The number of rotatable bonds is 10. The van der Waals surface area contributed by atoms with E-state index < -0.39 is 6.10 Å². The minimum atomic E-state index is -0.500. The Morgan fingerprint density at radius 3 is 2.42 bits per heavy atom. The highest BCUT2D eigenvalue weighted by Gasteiger charge is 2.24. The van der Waals surface area contributed by atoms with Gasteiger partial charge in [-0.15, -0.1) is 0 Å². The van der Waals surface area contributed by atoms with Crippen LogP contribution >= 0.6 is 0 Å². The number of esters is 1. The van der Waals surface area contributed by atoms with E-state index in [0.717, 1.165) is 19.1 Å². The van der Waals surface area contributed by atoms with Gasteiger partial charge in [-0.2, -0.15) is 0 Å². The highest BCUT2D eigenvalue weighted by molar-refractivity contribution is 5.70. The molecule has 0 saturated heterocycles. The molecule has 0 aromatic heterocycles. The number of ether oxygens (including phenoxy) is 2. The number of aldehydes is 1. The van der Waals surface area contributed by atoms with Crippen molar-refractivity contribution >= 4 is 12.3 Å². The van der Waals surface area contributed by atoms with Crippen LogP contribution < -0.4 is 0 Å². The number of quaternary nitrogens is 1. The number of carbonyl (C=O) groups excluding carboxylic acids is 2. The molecule has 0 N–H and O–H groups in total. The van der Waals surface area contributed by atoms with Crippen LogP contribution in [0.2, 0.25) is 0 Å². The number of unbranched alkanes of at least 4 members (excludes halogenated alkanes) is 1. The van der Waals surface area contributed by atoms with Crippen molar-refractivity contribution in [2.24, 2.45) is 0 Å². The largest absolute Gasteiger partial charge is 0.466 e. The molecule has 112 valence electrons. The number of carbonyl (C=O) groups is 2. The van der Waals surface area contributed by atoms with E-state index in [1.807, 2.05) is 28.1 Å². The standard InChI is InChI=1S/C14H28NO4/c1-6-7-8-18-14(17)9-13(10-15(3,4)5)19-12(2)11-16/h11-13H,6-10H2,1-5H3/q+1/t12?,13-/m0/s1. The third-order valence-corrected chi connectivity index (χ3v) is 2.51. The van der Waals surface area contributed by atoms with Crippen molar-refractivity contribution in [2.75, 3.05) is 34.3 Å². The molecule has 19 heavy (non-hydrogen) atoms. The average molecular weight is 274 g/mol. The Balaban J connectivity index is 4.32. The number of hydrogen-bond donors (Lipinski definition) is 0. The van der Waals surface area contributed by atoms with E-state index in [1.165, 1.54) is 0 Å². The molecule has 0 heterocycles. The Morgan fingerprint density at radius 1 is 1.32 bits per heavy atom. The Morgan fingerprint density at radius 2 is 1.95 bits per heavy atom. The van der Waals surface area contributed by atoms with Gasteiger partial charge in [0.25, 0.3) is 0 Å². The quantitative estimate of drug-likeness (QED) is 0.261. The van der Waals surface area contributed by atoms with E-state index in [0.29, 0.717) is 17.6 Å². The topological polar surface area (TPSA) is 52.6 Å².